The maximum atomic E-state index is 7.51. The highest BCUT2D eigenvalue weighted by Gasteiger charge is 2.38. The third-order valence-electron chi connectivity index (χ3n) is 17.6. The third-order valence-corrected chi connectivity index (χ3v) is 17.6. The van der Waals surface area contributed by atoms with Crippen LogP contribution in [0.5, 0.6) is 0 Å². The third kappa shape index (κ3) is 6.88. The maximum Gasteiger partial charge on any atom is 0.231 e. The van der Waals surface area contributed by atoms with Gasteiger partial charge in [0.25, 0.3) is 0 Å². The zero-order chi connectivity index (χ0) is 56.5. The van der Waals surface area contributed by atoms with Crippen LogP contribution in [-0.2, 0) is 0 Å². The van der Waals surface area contributed by atoms with Gasteiger partial charge in [-0.05, 0) is 177 Å². The van der Waals surface area contributed by atoms with Gasteiger partial charge < -0.3 is 27.1 Å². The Morgan fingerprint density at radius 1 is 0.250 bits per heavy atom. The molecule has 0 fully saturated rings. The molecule has 8 nitrogen and oxygen atoms in total. The summed E-state index contributed by atoms with van der Waals surface area (Å²) < 4.78 is 25.0. The van der Waals surface area contributed by atoms with E-state index >= 15 is 0 Å². The molecule has 17 aromatic rings. The van der Waals surface area contributed by atoms with Gasteiger partial charge in [-0.3, -0.25) is 0 Å². The molecule has 8 heteroatoms. The Morgan fingerprint density at radius 3 is 0.655 bits per heavy atom. The number of fused-ring (bicyclic) bond motifs is 14. The Labute approximate surface area is 483 Å². The van der Waals surface area contributed by atoms with Gasteiger partial charge in [-0.15, -0.1) is 0 Å². The van der Waals surface area contributed by atoms with Gasteiger partial charge in [0.2, 0.25) is 11.8 Å². The minimum Gasteiger partial charge on any atom is -0.436 e. The van der Waals surface area contributed by atoms with Crippen molar-refractivity contribution in [3.8, 4) is 45.7 Å². The van der Waals surface area contributed by atoms with Gasteiger partial charge in [0.05, 0.1) is 78.0 Å². The quantitative estimate of drug-likeness (QED) is 0.166. The fourth-order valence-electron chi connectivity index (χ4n) is 13.9. The number of oxazole rings is 2. The summed E-state index contributed by atoms with van der Waals surface area (Å²) in [6.45, 7) is 17.5. The van der Waals surface area contributed by atoms with Crippen molar-refractivity contribution in [3.63, 3.8) is 0 Å². The first-order chi connectivity index (χ1) is 40.9. The lowest BCUT2D eigenvalue weighted by Crippen LogP contribution is -2.16. The Bertz CT molecular complexity index is 4800. The summed E-state index contributed by atoms with van der Waals surface area (Å²) in [7, 11) is 0. The number of rotatable bonds is 6. The van der Waals surface area contributed by atoms with Crippen molar-refractivity contribution in [1.82, 2.24) is 28.2 Å². The molecule has 0 bridgehead atoms. The van der Waals surface area contributed by atoms with Crippen molar-refractivity contribution in [2.75, 3.05) is 0 Å². The van der Waals surface area contributed by atoms with Crippen molar-refractivity contribution < 1.29 is 8.83 Å². The first-order valence-corrected chi connectivity index (χ1v) is 29.0. The van der Waals surface area contributed by atoms with Crippen LogP contribution < -0.4 is 0 Å². The molecule has 0 aliphatic rings. The van der Waals surface area contributed by atoms with E-state index in [1.807, 2.05) is 36.4 Å². The summed E-state index contributed by atoms with van der Waals surface area (Å²) in [4.78, 5) is 11.5. The number of aryl methyl sites for hydroxylation is 8. The molecular formula is C76H56N6O2. The van der Waals surface area contributed by atoms with E-state index in [0.717, 1.165) is 132 Å². The van der Waals surface area contributed by atoms with E-state index < -0.39 is 0 Å². The van der Waals surface area contributed by atoms with Crippen LogP contribution in [0.1, 0.15) is 44.5 Å². The van der Waals surface area contributed by atoms with Crippen LogP contribution in [0.2, 0.25) is 0 Å². The zero-order valence-corrected chi connectivity index (χ0v) is 48.0. The average Bonchev–Trinajstić information content (AvgIpc) is 1.44. The van der Waals surface area contributed by atoms with Crippen molar-refractivity contribution in [2.45, 2.75) is 55.4 Å². The predicted octanol–water partition coefficient (Wildman–Crippen LogP) is 20.2. The molecule has 84 heavy (non-hydrogen) atoms. The Hall–Kier alpha value is -10.4. The molecule has 0 unspecified atom stereocenters. The van der Waals surface area contributed by atoms with Crippen LogP contribution in [0, 0.1) is 55.4 Å². The molecule has 0 aliphatic carbocycles. The summed E-state index contributed by atoms with van der Waals surface area (Å²) in [6.07, 6.45) is 0. The number of para-hydroxylation sites is 4. The lowest BCUT2D eigenvalue weighted by Gasteiger charge is -2.29. The van der Waals surface area contributed by atoms with Gasteiger partial charge in [0, 0.05) is 43.1 Å². The zero-order valence-electron chi connectivity index (χ0n) is 48.0. The summed E-state index contributed by atoms with van der Waals surface area (Å²) in [5.41, 5.74) is 25.5. The summed E-state index contributed by atoms with van der Waals surface area (Å²) in [5.74, 6) is 0.937. The Morgan fingerprint density at radius 2 is 0.452 bits per heavy atom. The number of benzene rings is 11. The van der Waals surface area contributed by atoms with Gasteiger partial charge in [0.1, 0.15) is 11.0 Å². The van der Waals surface area contributed by atoms with E-state index in [4.69, 9.17) is 18.8 Å². The lowest BCUT2D eigenvalue weighted by molar-refractivity contribution is 0.616. The first kappa shape index (κ1) is 48.3. The van der Waals surface area contributed by atoms with Gasteiger partial charge in [-0.1, -0.05) is 117 Å². The van der Waals surface area contributed by atoms with Crippen molar-refractivity contribution >= 4 is 109 Å². The van der Waals surface area contributed by atoms with E-state index in [9.17, 15) is 0 Å². The van der Waals surface area contributed by atoms with Gasteiger partial charge >= 0.3 is 0 Å². The average molecular weight is 1090 g/mol. The molecule has 0 amide bonds. The number of nitrogens with zero attached hydrogens (tertiary/aromatic N) is 6. The fourth-order valence-corrected chi connectivity index (χ4v) is 13.9. The van der Waals surface area contributed by atoms with Crippen LogP contribution in [0.15, 0.2) is 203 Å². The predicted molar refractivity (Wildman–Crippen MR) is 348 cm³/mol. The molecule has 402 valence electrons. The van der Waals surface area contributed by atoms with E-state index in [1.165, 1.54) is 44.5 Å². The first-order valence-electron chi connectivity index (χ1n) is 29.0. The second-order valence-corrected chi connectivity index (χ2v) is 23.6. The number of aromatic nitrogens is 6. The molecule has 0 atom stereocenters. The molecule has 17 rings (SSSR count). The van der Waals surface area contributed by atoms with Crippen LogP contribution >= 0.6 is 0 Å². The summed E-state index contributed by atoms with van der Waals surface area (Å²) >= 11 is 0. The highest BCUT2D eigenvalue weighted by Crippen LogP contribution is 2.55. The van der Waals surface area contributed by atoms with E-state index in [0.29, 0.717) is 22.9 Å². The summed E-state index contributed by atoms with van der Waals surface area (Å²) in [6, 6.07) is 71.4. The molecule has 0 saturated carbocycles. The van der Waals surface area contributed by atoms with Crippen molar-refractivity contribution in [3.05, 3.63) is 239 Å². The summed E-state index contributed by atoms with van der Waals surface area (Å²) in [5, 5.41) is 9.12. The van der Waals surface area contributed by atoms with Crippen LogP contribution in [0.3, 0.4) is 0 Å². The lowest BCUT2D eigenvalue weighted by atomic mass is 9.96. The van der Waals surface area contributed by atoms with Crippen molar-refractivity contribution in [2.24, 2.45) is 0 Å². The maximum absolute atomic E-state index is 7.51. The second-order valence-electron chi connectivity index (χ2n) is 23.6. The molecule has 6 aromatic heterocycles. The monoisotopic (exact) mass is 1080 g/mol. The van der Waals surface area contributed by atoms with Crippen LogP contribution in [0.4, 0.5) is 0 Å². The fraction of sp³-hybridized carbons (Fsp3) is 0.105. The Kier molecular flexibility index (Phi) is 10.1. The van der Waals surface area contributed by atoms with E-state index in [2.05, 4.69) is 231 Å². The highest BCUT2D eigenvalue weighted by atomic mass is 16.4. The molecular weight excluding hydrogens is 1030 g/mol. The second kappa shape index (κ2) is 17.5. The molecule has 0 radical (unpaired) electrons. The highest BCUT2D eigenvalue weighted by molar-refractivity contribution is 6.18. The van der Waals surface area contributed by atoms with E-state index in [1.54, 1.807) is 0 Å². The smallest absolute Gasteiger partial charge is 0.231 e. The molecule has 0 N–H and O–H groups in total. The SMILES string of the molecule is Cc1ccc2c(c1)c1cc(C)ccc1n2-c1c(-c2nc3ccccc3o2)c(-n2c3ccc(C)cc3c3cc(C)ccc32)c(-n2c3ccc(C)cc3c3cc(C)ccc32)c(-c2nc3ccccc3o2)c1-n1c2ccc(C)cc2c2cc(C)ccc21. The minimum atomic E-state index is 0.469. The molecule has 0 aliphatic heterocycles. The molecule has 11 aromatic carbocycles. The van der Waals surface area contributed by atoms with Crippen LogP contribution in [0.25, 0.3) is 155 Å². The van der Waals surface area contributed by atoms with Crippen LogP contribution in [-0.4, -0.2) is 28.2 Å². The normalized spacial score (nSPS) is 12.3. The number of hydrogen-bond donors (Lipinski definition) is 0. The molecule has 0 spiro atoms. The van der Waals surface area contributed by atoms with Crippen molar-refractivity contribution in [1.29, 1.82) is 0 Å². The molecule has 0 saturated heterocycles. The van der Waals surface area contributed by atoms with Gasteiger partial charge in [-0.25, -0.2) is 9.97 Å². The number of hydrogen-bond acceptors (Lipinski definition) is 4. The minimum absolute atomic E-state index is 0.469. The topological polar surface area (TPSA) is 71.8 Å². The van der Waals surface area contributed by atoms with Gasteiger partial charge in [0.15, 0.2) is 11.2 Å². The Balaban J connectivity index is 1.27. The molecule has 6 heterocycles. The largest absolute Gasteiger partial charge is 0.436 e. The van der Waals surface area contributed by atoms with E-state index in [-0.39, 0.29) is 0 Å². The van der Waals surface area contributed by atoms with Gasteiger partial charge in [-0.2, -0.15) is 0 Å². The standard InChI is InChI=1S/C76H56N6O2/c1-41-17-25-59-49(33-41)50-34-42(2)18-26-60(50)79(59)71-69(75-77-57-13-9-11-15-67(57)83-75)73(81-63-29-21-45(5)37-53(63)54-38-46(6)22-30-64(54)81)74(82-65-31-23-47(7)39-55(65)56-40-48(8)24-32-66(56)82)70(76-78-58-14-10-12-16-68(58)84-76)72(71)80-61-27-19-43(3)35-51(61)52-36-44(4)20-28-62(52)80/h9-40H,1-8H3.